The number of halogens is 2. The van der Waals surface area contributed by atoms with E-state index in [2.05, 4.69) is 59.8 Å². The van der Waals surface area contributed by atoms with Gasteiger partial charge in [0.25, 0.3) is 5.56 Å². The summed E-state index contributed by atoms with van der Waals surface area (Å²) in [7, 11) is 2.12. The first kappa shape index (κ1) is 14.1. The zero-order chi connectivity index (χ0) is 14.3. The van der Waals surface area contributed by atoms with Crippen LogP contribution in [0.2, 0.25) is 0 Å². The third-order valence-corrected chi connectivity index (χ3v) is 4.82. The van der Waals surface area contributed by atoms with E-state index >= 15 is 0 Å². The third kappa shape index (κ3) is 2.64. The van der Waals surface area contributed by atoms with E-state index in [-0.39, 0.29) is 5.56 Å². The van der Waals surface area contributed by atoms with Gasteiger partial charge in [-0.05, 0) is 25.2 Å². The van der Waals surface area contributed by atoms with E-state index in [0.717, 1.165) is 46.3 Å². The molecule has 1 aromatic heterocycles. The number of nitrogens with zero attached hydrogens (tertiary/aromatic N) is 2. The number of hydrogen-bond donors (Lipinski definition) is 1. The molecule has 0 saturated carbocycles. The highest BCUT2D eigenvalue weighted by Gasteiger charge is 2.16. The van der Waals surface area contributed by atoms with Crippen molar-refractivity contribution < 1.29 is 0 Å². The summed E-state index contributed by atoms with van der Waals surface area (Å²) in [4.78, 5) is 19.8. The van der Waals surface area contributed by atoms with Crippen molar-refractivity contribution in [2.75, 3.05) is 38.1 Å². The molecule has 0 atom stereocenters. The topological polar surface area (TPSA) is 39.3 Å². The minimum Gasteiger partial charge on any atom is -0.356 e. The fraction of sp³-hybridized carbons (Fsp3) is 0.357. The lowest BCUT2D eigenvalue weighted by Gasteiger charge is -2.33. The maximum atomic E-state index is 12.3. The zero-order valence-corrected chi connectivity index (χ0v) is 14.3. The van der Waals surface area contributed by atoms with E-state index in [4.69, 9.17) is 0 Å². The molecule has 1 aliphatic rings. The number of benzene rings is 1. The summed E-state index contributed by atoms with van der Waals surface area (Å²) in [6.07, 6.45) is 0. The Morgan fingerprint density at radius 3 is 2.45 bits per heavy atom. The number of hydrogen-bond acceptors (Lipinski definition) is 3. The highest BCUT2D eigenvalue weighted by atomic mass is 79.9. The van der Waals surface area contributed by atoms with Crippen molar-refractivity contribution in [3.63, 3.8) is 0 Å². The quantitative estimate of drug-likeness (QED) is 0.799. The van der Waals surface area contributed by atoms with Crippen LogP contribution in [-0.2, 0) is 0 Å². The van der Waals surface area contributed by atoms with Gasteiger partial charge >= 0.3 is 0 Å². The smallest absolute Gasteiger partial charge is 0.257 e. The number of likely N-dealkylation sites (N-methyl/N-ethyl adjacent to an activating group) is 1. The van der Waals surface area contributed by atoms with Crippen LogP contribution in [-0.4, -0.2) is 43.1 Å². The Morgan fingerprint density at radius 2 is 1.75 bits per heavy atom. The maximum Gasteiger partial charge on any atom is 0.257 e. The van der Waals surface area contributed by atoms with Crippen LogP contribution in [0.4, 0.5) is 5.82 Å². The van der Waals surface area contributed by atoms with Crippen LogP contribution >= 0.6 is 31.9 Å². The molecule has 1 aromatic carbocycles. The minimum atomic E-state index is -0.0431. The number of pyridine rings is 1. The van der Waals surface area contributed by atoms with Crippen molar-refractivity contribution >= 4 is 48.5 Å². The van der Waals surface area contributed by atoms with Crippen molar-refractivity contribution in [3.05, 3.63) is 37.5 Å². The van der Waals surface area contributed by atoms with Gasteiger partial charge in [0.2, 0.25) is 0 Å². The van der Waals surface area contributed by atoms with Crippen LogP contribution in [0.25, 0.3) is 10.8 Å². The van der Waals surface area contributed by atoms with Gasteiger partial charge in [0.05, 0.1) is 0 Å². The molecule has 6 heteroatoms. The largest absolute Gasteiger partial charge is 0.356 e. The fourth-order valence-corrected chi connectivity index (χ4v) is 3.83. The number of rotatable bonds is 1. The van der Waals surface area contributed by atoms with Crippen molar-refractivity contribution in [2.24, 2.45) is 0 Å². The van der Waals surface area contributed by atoms with Crippen LogP contribution < -0.4 is 10.5 Å². The number of fused-ring (bicyclic) bond motifs is 1. The SMILES string of the molecule is CN1CCN(c2cc3c(Br)cc(Br)cc3c(=O)[nH]2)CC1. The van der Waals surface area contributed by atoms with Crippen molar-refractivity contribution in [3.8, 4) is 0 Å². The average molecular weight is 401 g/mol. The zero-order valence-electron chi connectivity index (χ0n) is 11.1. The second-order valence-corrected chi connectivity index (χ2v) is 6.89. The first-order valence-electron chi connectivity index (χ1n) is 6.50. The number of piperazine rings is 1. The number of aromatic amines is 1. The molecular weight excluding hydrogens is 386 g/mol. The molecule has 0 amide bonds. The molecule has 2 aromatic rings. The highest BCUT2D eigenvalue weighted by molar-refractivity contribution is 9.11. The molecule has 4 nitrogen and oxygen atoms in total. The summed E-state index contributed by atoms with van der Waals surface area (Å²) in [6, 6.07) is 5.88. The van der Waals surface area contributed by atoms with E-state index in [1.54, 1.807) is 0 Å². The van der Waals surface area contributed by atoms with Gasteiger partial charge in [-0.25, -0.2) is 0 Å². The predicted molar refractivity (Wildman–Crippen MR) is 89.7 cm³/mol. The summed E-state index contributed by atoms with van der Waals surface area (Å²) in [5, 5.41) is 1.65. The molecule has 20 heavy (non-hydrogen) atoms. The first-order chi connectivity index (χ1) is 9.54. The van der Waals surface area contributed by atoms with E-state index in [9.17, 15) is 4.79 Å². The molecule has 1 saturated heterocycles. The van der Waals surface area contributed by atoms with Gasteiger partial charge in [-0.3, -0.25) is 4.79 Å². The molecule has 0 spiro atoms. The minimum absolute atomic E-state index is 0.0431. The summed E-state index contributed by atoms with van der Waals surface area (Å²) < 4.78 is 1.83. The second-order valence-electron chi connectivity index (χ2n) is 5.12. The summed E-state index contributed by atoms with van der Waals surface area (Å²) in [5.41, 5.74) is -0.0431. The Morgan fingerprint density at radius 1 is 1.05 bits per heavy atom. The van der Waals surface area contributed by atoms with E-state index in [1.807, 2.05) is 12.1 Å². The monoisotopic (exact) mass is 399 g/mol. The molecular formula is C14H15Br2N3O. The summed E-state index contributed by atoms with van der Waals surface area (Å²) >= 11 is 6.96. The van der Waals surface area contributed by atoms with Crippen LogP contribution in [0, 0.1) is 0 Å². The van der Waals surface area contributed by atoms with Gasteiger partial charge < -0.3 is 14.8 Å². The Labute approximate surface area is 134 Å². The Hall–Kier alpha value is -0.850. The molecule has 0 unspecified atom stereocenters. The molecule has 0 bridgehead atoms. The molecule has 1 fully saturated rings. The van der Waals surface area contributed by atoms with Gasteiger partial charge in [0.15, 0.2) is 0 Å². The number of aromatic nitrogens is 1. The van der Waals surface area contributed by atoms with E-state index in [1.165, 1.54) is 0 Å². The molecule has 0 radical (unpaired) electrons. The highest BCUT2D eigenvalue weighted by Crippen LogP contribution is 2.28. The lowest BCUT2D eigenvalue weighted by Crippen LogP contribution is -2.45. The normalized spacial score (nSPS) is 16.9. The molecule has 106 valence electrons. The number of nitrogens with one attached hydrogen (secondary N) is 1. The van der Waals surface area contributed by atoms with Gasteiger partial charge in [-0.2, -0.15) is 0 Å². The van der Waals surface area contributed by atoms with E-state index < -0.39 is 0 Å². The van der Waals surface area contributed by atoms with Gasteiger partial charge in [0, 0.05) is 45.9 Å². The molecule has 0 aliphatic carbocycles. The van der Waals surface area contributed by atoms with Crippen molar-refractivity contribution in [1.29, 1.82) is 0 Å². The van der Waals surface area contributed by atoms with Gasteiger partial charge in [-0.1, -0.05) is 31.9 Å². The second kappa shape index (κ2) is 5.50. The fourth-order valence-electron chi connectivity index (χ4n) is 2.49. The Balaban J connectivity index is 2.08. The predicted octanol–water partition coefficient (Wildman–Crippen LogP) is 2.80. The molecule has 2 heterocycles. The molecule has 1 aliphatic heterocycles. The van der Waals surface area contributed by atoms with Crippen molar-refractivity contribution in [1.82, 2.24) is 9.88 Å². The van der Waals surface area contributed by atoms with Gasteiger partial charge in [0.1, 0.15) is 5.82 Å². The Kier molecular flexibility index (Phi) is 3.88. The van der Waals surface area contributed by atoms with Crippen LogP contribution in [0.15, 0.2) is 31.9 Å². The number of H-pyrrole nitrogens is 1. The number of anilines is 1. The maximum absolute atomic E-state index is 12.3. The summed E-state index contributed by atoms with van der Waals surface area (Å²) in [6.45, 7) is 3.90. The Bertz CT molecular complexity index is 705. The van der Waals surface area contributed by atoms with Crippen LogP contribution in [0.3, 0.4) is 0 Å². The lowest BCUT2D eigenvalue weighted by molar-refractivity contribution is 0.312. The standard InChI is InChI=1S/C14H15Br2N3O/c1-18-2-4-19(5-3-18)13-8-10-11(14(20)17-13)6-9(15)7-12(10)16/h6-8H,2-5H2,1H3,(H,17,20). The van der Waals surface area contributed by atoms with Crippen LogP contribution in [0.1, 0.15) is 0 Å². The van der Waals surface area contributed by atoms with Crippen LogP contribution in [0.5, 0.6) is 0 Å². The molecule has 3 rings (SSSR count). The van der Waals surface area contributed by atoms with Gasteiger partial charge in [-0.15, -0.1) is 0 Å². The summed E-state index contributed by atoms with van der Waals surface area (Å²) in [5.74, 6) is 0.902. The van der Waals surface area contributed by atoms with Crippen molar-refractivity contribution in [2.45, 2.75) is 0 Å². The first-order valence-corrected chi connectivity index (χ1v) is 8.09. The third-order valence-electron chi connectivity index (χ3n) is 3.71. The van der Waals surface area contributed by atoms with E-state index in [0.29, 0.717) is 5.39 Å². The lowest BCUT2D eigenvalue weighted by atomic mass is 10.1. The molecule has 1 N–H and O–H groups in total. The average Bonchev–Trinajstić information content (AvgIpc) is 2.40.